The number of hydrogen-bond acceptors (Lipinski definition) is 2. The zero-order valence-corrected chi connectivity index (χ0v) is 10.7. The van der Waals surface area contributed by atoms with E-state index < -0.39 is 5.41 Å². The molecule has 0 radical (unpaired) electrons. The molecule has 0 aromatic rings. The molecule has 0 bridgehead atoms. The maximum absolute atomic E-state index is 9.50. The molecule has 0 aromatic carbocycles. The third-order valence-corrected chi connectivity index (χ3v) is 4.98. The summed E-state index contributed by atoms with van der Waals surface area (Å²) in [7, 11) is 0. The fourth-order valence-electron chi connectivity index (χ4n) is 4.06. The average molecular weight is 238 g/mol. The van der Waals surface area contributed by atoms with Gasteiger partial charge in [0.05, 0.1) is 12.1 Å². The summed E-state index contributed by atoms with van der Waals surface area (Å²) in [4.78, 5) is 0. The van der Waals surface area contributed by atoms with Gasteiger partial charge in [0.15, 0.2) is 5.41 Å². The maximum Gasteiger partial charge on any atom is 0.168 e. The van der Waals surface area contributed by atoms with Crippen molar-refractivity contribution in [2.45, 2.75) is 44.9 Å². The minimum atomic E-state index is -0.870. The Labute approximate surface area is 109 Å². The van der Waals surface area contributed by atoms with E-state index in [0.29, 0.717) is 18.3 Å². The van der Waals surface area contributed by atoms with Crippen molar-refractivity contribution in [1.29, 1.82) is 10.5 Å². The molecule has 1 saturated carbocycles. The number of rotatable bonds is 0. The Hall–Kier alpha value is -1.54. The Balaban J connectivity index is 2.07. The van der Waals surface area contributed by atoms with Crippen LogP contribution < -0.4 is 0 Å². The number of allylic oxidation sites excluding steroid dienone is 4. The predicted octanol–water partition coefficient (Wildman–Crippen LogP) is 3.88. The highest BCUT2D eigenvalue weighted by Gasteiger charge is 2.45. The lowest BCUT2D eigenvalue weighted by atomic mass is 9.70. The van der Waals surface area contributed by atoms with E-state index >= 15 is 0 Å². The topological polar surface area (TPSA) is 47.6 Å². The van der Waals surface area contributed by atoms with Crippen molar-refractivity contribution < 1.29 is 0 Å². The van der Waals surface area contributed by atoms with Crippen LogP contribution in [-0.2, 0) is 0 Å². The summed E-state index contributed by atoms with van der Waals surface area (Å²) in [5.41, 5.74) is 1.81. The Bertz CT molecular complexity index is 484. The Morgan fingerprint density at radius 2 is 1.89 bits per heavy atom. The summed E-state index contributed by atoms with van der Waals surface area (Å²) in [6.07, 6.45) is 12.2. The van der Waals surface area contributed by atoms with Crippen molar-refractivity contribution >= 4 is 0 Å². The summed E-state index contributed by atoms with van der Waals surface area (Å²) in [6.45, 7) is 0. The van der Waals surface area contributed by atoms with E-state index in [1.165, 1.54) is 31.3 Å². The third-order valence-electron chi connectivity index (χ3n) is 4.98. The molecule has 92 valence electrons. The van der Waals surface area contributed by atoms with Gasteiger partial charge in [0.2, 0.25) is 0 Å². The zero-order chi connectivity index (χ0) is 12.6. The summed E-state index contributed by atoms with van der Waals surface area (Å²) in [5, 5.41) is 19.0. The van der Waals surface area contributed by atoms with Crippen LogP contribution in [-0.4, -0.2) is 0 Å². The second-order valence-electron chi connectivity index (χ2n) is 5.81. The molecule has 0 unspecified atom stereocenters. The van der Waals surface area contributed by atoms with Gasteiger partial charge in [0, 0.05) is 6.42 Å². The first-order chi connectivity index (χ1) is 8.80. The smallest absolute Gasteiger partial charge is 0.168 e. The van der Waals surface area contributed by atoms with E-state index in [0.717, 1.165) is 18.4 Å². The van der Waals surface area contributed by atoms with Gasteiger partial charge in [0.1, 0.15) is 0 Å². The van der Waals surface area contributed by atoms with Gasteiger partial charge < -0.3 is 0 Å². The van der Waals surface area contributed by atoms with Gasteiger partial charge in [0.25, 0.3) is 0 Å². The Morgan fingerprint density at radius 3 is 2.67 bits per heavy atom. The van der Waals surface area contributed by atoms with E-state index in [1.807, 2.05) is 0 Å². The highest BCUT2D eigenvalue weighted by Crippen LogP contribution is 2.52. The van der Waals surface area contributed by atoms with E-state index in [1.54, 1.807) is 0 Å². The predicted molar refractivity (Wildman–Crippen MR) is 69.1 cm³/mol. The van der Waals surface area contributed by atoms with Crippen LogP contribution in [0.1, 0.15) is 44.9 Å². The highest BCUT2D eigenvalue weighted by atomic mass is 14.5. The van der Waals surface area contributed by atoms with Gasteiger partial charge in [-0.15, -0.1) is 0 Å². The minimum Gasteiger partial charge on any atom is -0.196 e. The molecule has 0 amide bonds. The fraction of sp³-hybridized carbons (Fsp3) is 0.625. The number of fused-ring (bicyclic) bond motifs is 3. The summed E-state index contributed by atoms with van der Waals surface area (Å²) in [6, 6.07) is 4.63. The average Bonchev–Trinajstić information content (AvgIpc) is 2.86. The van der Waals surface area contributed by atoms with Crippen LogP contribution in [0.25, 0.3) is 0 Å². The molecule has 3 rings (SSSR count). The molecule has 2 atom stereocenters. The number of nitrogens with zero attached hydrogens (tertiary/aromatic N) is 2. The lowest BCUT2D eigenvalue weighted by Crippen LogP contribution is -2.25. The molecule has 2 nitrogen and oxygen atoms in total. The third kappa shape index (κ3) is 1.52. The molecule has 18 heavy (non-hydrogen) atoms. The zero-order valence-electron chi connectivity index (χ0n) is 10.7. The molecule has 3 aliphatic carbocycles. The van der Waals surface area contributed by atoms with Crippen LogP contribution >= 0.6 is 0 Å². The second kappa shape index (κ2) is 4.29. The summed E-state index contributed by atoms with van der Waals surface area (Å²) < 4.78 is 0. The Morgan fingerprint density at radius 1 is 1.06 bits per heavy atom. The largest absolute Gasteiger partial charge is 0.196 e. The molecule has 0 spiro atoms. The van der Waals surface area contributed by atoms with Crippen molar-refractivity contribution in [3.05, 3.63) is 23.3 Å². The van der Waals surface area contributed by atoms with Crippen LogP contribution in [0.3, 0.4) is 0 Å². The van der Waals surface area contributed by atoms with Crippen molar-refractivity contribution in [1.82, 2.24) is 0 Å². The van der Waals surface area contributed by atoms with Crippen LogP contribution in [0, 0.1) is 39.9 Å². The SMILES string of the molecule is N#CC1(C#N)CC=C2CCCC[C@@H]2[C@H]2CCC=C21. The van der Waals surface area contributed by atoms with E-state index in [9.17, 15) is 10.5 Å². The molecule has 0 saturated heterocycles. The maximum atomic E-state index is 9.50. The van der Waals surface area contributed by atoms with Gasteiger partial charge in [-0.3, -0.25) is 0 Å². The molecule has 2 heteroatoms. The van der Waals surface area contributed by atoms with Gasteiger partial charge in [-0.25, -0.2) is 0 Å². The Kier molecular flexibility index (Phi) is 2.75. The van der Waals surface area contributed by atoms with Gasteiger partial charge in [-0.1, -0.05) is 24.1 Å². The molecule has 3 aliphatic rings. The molecular weight excluding hydrogens is 220 g/mol. The summed E-state index contributed by atoms with van der Waals surface area (Å²) in [5.74, 6) is 1.09. The van der Waals surface area contributed by atoms with Gasteiger partial charge in [-0.2, -0.15) is 10.5 Å². The minimum absolute atomic E-state index is 0.471. The van der Waals surface area contributed by atoms with Crippen molar-refractivity contribution in [3.8, 4) is 12.1 Å². The van der Waals surface area contributed by atoms with Crippen molar-refractivity contribution in [2.24, 2.45) is 17.3 Å². The van der Waals surface area contributed by atoms with Crippen LogP contribution in [0.15, 0.2) is 23.3 Å². The first-order valence-corrected chi connectivity index (χ1v) is 7.03. The summed E-state index contributed by atoms with van der Waals surface area (Å²) >= 11 is 0. The quantitative estimate of drug-likeness (QED) is 0.601. The molecule has 0 aromatic heterocycles. The molecule has 0 heterocycles. The molecular formula is C16H18N2. The lowest BCUT2D eigenvalue weighted by Gasteiger charge is -2.32. The van der Waals surface area contributed by atoms with Crippen LogP contribution in [0.5, 0.6) is 0 Å². The fourth-order valence-corrected chi connectivity index (χ4v) is 4.06. The van der Waals surface area contributed by atoms with Crippen LogP contribution in [0.2, 0.25) is 0 Å². The second-order valence-corrected chi connectivity index (χ2v) is 5.81. The molecule has 1 fully saturated rings. The lowest BCUT2D eigenvalue weighted by molar-refractivity contribution is 0.338. The molecule has 0 aliphatic heterocycles. The first kappa shape index (κ1) is 11.5. The standard InChI is InChI=1S/C16H18N2/c17-10-16(11-18)9-8-12-4-1-2-5-13(12)14-6-3-7-15(14)16/h7-8,13-14H,1-6,9H2/t13-,14+/m0/s1. The highest BCUT2D eigenvalue weighted by molar-refractivity contribution is 5.41. The van der Waals surface area contributed by atoms with E-state index in [2.05, 4.69) is 24.3 Å². The van der Waals surface area contributed by atoms with Gasteiger partial charge in [-0.05, 0) is 49.5 Å². The number of nitriles is 2. The monoisotopic (exact) mass is 238 g/mol. The normalized spacial score (nSPS) is 33.0. The van der Waals surface area contributed by atoms with Gasteiger partial charge >= 0.3 is 0 Å². The van der Waals surface area contributed by atoms with Crippen molar-refractivity contribution in [2.75, 3.05) is 0 Å². The van der Waals surface area contributed by atoms with Crippen molar-refractivity contribution in [3.63, 3.8) is 0 Å². The molecule has 0 N–H and O–H groups in total. The van der Waals surface area contributed by atoms with E-state index in [4.69, 9.17) is 0 Å². The van der Waals surface area contributed by atoms with Crippen LogP contribution in [0.4, 0.5) is 0 Å². The first-order valence-electron chi connectivity index (χ1n) is 7.03. The van der Waals surface area contributed by atoms with E-state index in [-0.39, 0.29) is 0 Å². The number of hydrogen-bond donors (Lipinski definition) is 0.